The number of alkyl carbamates (subject to hydrolysis) is 1. The first-order valence-corrected chi connectivity index (χ1v) is 10.6. The van der Waals surface area contributed by atoms with Crippen molar-refractivity contribution < 1.29 is 24.2 Å². The SMILES string of the molecule is CCCC(NC(=O)C1(NC(=O)OCC2c3ccccc3-c3ccccc32)CC1)C(=O)O. The molecule has 1 saturated carbocycles. The number of aliphatic carboxylic acids is 1. The second-order valence-corrected chi connectivity index (χ2v) is 8.19. The highest BCUT2D eigenvalue weighted by molar-refractivity contribution is 5.95. The first-order valence-electron chi connectivity index (χ1n) is 10.6. The Morgan fingerprint density at radius 1 is 1.06 bits per heavy atom. The molecule has 1 fully saturated rings. The lowest BCUT2D eigenvalue weighted by Gasteiger charge is -2.21. The number of benzene rings is 2. The number of rotatable bonds is 8. The van der Waals surface area contributed by atoms with Crippen LogP contribution >= 0.6 is 0 Å². The lowest BCUT2D eigenvalue weighted by molar-refractivity contribution is -0.142. The standard InChI is InChI=1S/C24H26N2O5/c1-2-7-20(21(27)28)25-22(29)24(12-13-24)26-23(30)31-14-19-17-10-5-3-8-15(17)16-9-4-6-11-18(16)19/h3-6,8-11,19-20H,2,7,12-14H2,1H3,(H,25,29)(H,26,30)(H,27,28). The van der Waals surface area contributed by atoms with Crippen molar-refractivity contribution in [3.8, 4) is 11.1 Å². The van der Waals surface area contributed by atoms with Gasteiger partial charge in [0.25, 0.3) is 0 Å². The highest BCUT2D eigenvalue weighted by Crippen LogP contribution is 2.44. The maximum atomic E-state index is 12.6. The predicted octanol–water partition coefficient (Wildman–Crippen LogP) is 3.43. The Balaban J connectivity index is 1.39. The topological polar surface area (TPSA) is 105 Å². The predicted molar refractivity (Wildman–Crippen MR) is 115 cm³/mol. The first-order chi connectivity index (χ1) is 14.9. The van der Waals surface area contributed by atoms with E-state index in [-0.39, 0.29) is 12.5 Å². The third-order valence-electron chi connectivity index (χ3n) is 6.05. The van der Waals surface area contributed by atoms with Crippen molar-refractivity contribution in [1.29, 1.82) is 0 Å². The zero-order chi connectivity index (χ0) is 22.0. The van der Waals surface area contributed by atoms with Crippen LogP contribution in [0.15, 0.2) is 48.5 Å². The van der Waals surface area contributed by atoms with E-state index in [4.69, 9.17) is 4.74 Å². The fourth-order valence-electron chi connectivity index (χ4n) is 4.21. The van der Waals surface area contributed by atoms with Gasteiger partial charge in [-0.15, -0.1) is 0 Å². The number of amides is 2. The molecule has 31 heavy (non-hydrogen) atoms. The van der Waals surface area contributed by atoms with Crippen molar-refractivity contribution in [1.82, 2.24) is 10.6 Å². The van der Waals surface area contributed by atoms with Gasteiger partial charge in [-0.25, -0.2) is 9.59 Å². The molecular formula is C24H26N2O5. The maximum absolute atomic E-state index is 12.6. The van der Waals surface area contributed by atoms with Gasteiger partial charge in [0.15, 0.2) is 0 Å². The Morgan fingerprint density at radius 3 is 2.16 bits per heavy atom. The molecule has 0 radical (unpaired) electrons. The van der Waals surface area contributed by atoms with E-state index in [2.05, 4.69) is 22.8 Å². The molecule has 4 rings (SSSR count). The summed E-state index contributed by atoms with van der Waals surface area (Å²) < 4.78 is 5.52. The average molecular weight is 422 g/mol. The number of nitrogens with one attached hydrogen (secondary N) is 2. The molecule has 3 N–H and O–H groups in total. The van der Waals surface area contributed by atoms with Gasteiger partial charge in [-0.2, -0.15) is 0 Å². The molecule has 2 amide bonds. The number of hydrogen-bond donors (Lipinski definition) is 3. The van der Waals surface area contributed by atoms with Crippen molar-refractivity contribution in [2.24, 2.45) is 0 Å². The van der Waals surface area contributed by atoms with Gasteiger partial charge in [0.1, 0.15) is 18.2 Å². The van der Waals surface area contributed by atoms with Crippen LogP contribution in [0.1, 0.15) is 49.7 Å². The fourth-order valence-corrected chi connectivity index (χ4v) is 4.21. The molecule has 7 heteroatoms. The Kier molecular flexibility index (Phi) is 5.67. The second-order valence-electron chi connectivity index (χ2n) is 8.19. The molecule has 1 unspecified atom stereocenters. The molecule has 162 valence electrons. The molecule has 2 aromatic rings. The van der Waals surface area contributed by atoms with Gasteiger partial charge in [0.05, 0.1) is 0 Å². The minimum absolute atomic E-state index is 0.0666. The van der Waals surface area contributed by atoms with Gasteiger partial charge in [0, 0.05) is 5.92 Å². The van der Waals surface area contributed by atoms with Crippen LogP contribution in [0.2, 0.25) is 0 Å². The molecule has 0 aliphatic heterocycles. The van der Waals surface area contributed by atoms with Gasteiger partial charge in [0.2, 0.25) is 5.91 Å². The van der Waals surface area contributed by atoms with Crippen LogP contribution in [-0.4, -0.2) is 41.3 Å². The molecule has 2 aliphatic carbocycles. The molecule has 0 bridgehead atoms. The third kappa shape index (κ3) is 4.13. The van der Waals surface area contributed by atoms with Gasteiger partial charge in [-0.3, -0.25) is 4.79 Å². The number of ether oxygens (including phenoxy) is 1. The number of carbonyl (C=O) groups excluding carboxylic acids is 2. The van der Waals surface area contributed by atoms with E-state index < -0.39 is 29.6 Å². The van der Waals surface area contributed by atoms with E-state index in [1.807, 2.05) is 43.3 Å². The lowest BCUT2D eigenvalue weighted by atomic mass is 9.98. The highest BCUT2D eigenvalue weighted by Gasteiger charge is 2.52. The van der Waals surface area contributed by atoms with Crippen LogP contribution in [0.5, 0.6) is 0 Å². The summed E-state index contributed by atoms with van der Waals surface area (Å²) in [4.78, 5) is 36.4. The molecule has 0 spiro atoms. The summed E-state index contributed by atoms with van der Waals surface area (Å²) in [6.45, 7) is 2.01. The summed E-state index contributed by atoms with van der Waals surface area (Å²) in [5.74, 6) is -1.61. The van der Waals surface area contributed by atoms with Crippen molar-refractivity contribution in [3.63, 3.8) is 0 Å². The summed E-state index contributed by atoms with van der Waals surface area (Å²) in [6.07, 6.45) is 1.21. The van der Waals surface area contributed by atoms with Crippen molar-refractivity contribution in [3.05, 3.63) is 59.7 Å². The quantitative estimate of drug-likeness (QED) is 0.605. The number of hydrogen-bond acceptors (Lipinski definition) is 4. The zero-order valence-corrected chi connectivity index (χ0v) is 17.4. The minimum Gasteiger partial charge on any atom is -0.480 e. The normalized spacial score (nSPS) is 16.5. The largest absolute Gasteiger partial charge is 0.480 e. The van der Waals surface area contributed by atoms with Crippen molar-refractivity contribution in [2.75, 3.05) is 6.61 Å². The van der Waals surface area contributed by atoms with Crippen molar-refractivity contribution >= 4 is 18.0 Å². The Labute approximate surface area is 180 Å². The highest BCUT2D eigenvalue weighted by atomic mass is 16.5. The fraction of sp³-hybridized carbons (Fsp3) is 0.375. The number of carbonyl (C=O) groups is 3. The van der Waals surface area contributed by atoms with Gasteiger partial charge < -0.3 is 20.5 Å². The summed E-state index contributed by atoms with van der Waals surface area (Å²) in [6, 6.07) is 15.2. The third-order valence-corrected chi connectivity index (χ3v) is 6.05. The van der Waals surface area contributed by atoms with Crippen LogP contribution in [-0.2, 0) is 14.3 Å². The van der Waals surface area contributed by atoms with E-state index in [1.54, 1.807) is 0 Å². The minimum atomic E-state index is -1.08. The van der Waals surface area contributed by atoms with Crippen LogP contribution in [0.4, 0.5) is 4.79 Å². The lowest BCUT2D eigenvalue weighted by Crippen LogP contribution is -2.53. The molecule has 0 saturated heterocycles. The molecule has 0 heterocycles. The van der Waals surface area contributed by atoms with E-state index in [9.17, 15) is 19.5 Å². The molecule has 1 atom stereocenters. The van der Waals surface area contributed by atoms with Crippen LogP contribution in [0.3, 0.4) is 0 Å². The number of carboxylic acid groups (broad SMARTS) is 1. The molecule has 2 aromatic carbocycles. The molecule has 0 aromatic heterocycles. The number of carboxylic acids is 1. The van der Waals surface area contributed by atoms with Gasteiger partial charge in [-0.1, -0.05) is 61.9 Å². The van der Waals surface area contributed by atoms with E-state index in [1.165, 1.54) is 0 Å². The van der Waals surface area contributed by atoms with Gasteiger partial charge in [-0.05, 0) is 41.5 Å². The Hall–Kier alpha value is -3.35. The van der Waals surface area contributed by atoms with E-state index in [0.29, 0.717) is 25.7 Å². The molecular weight excluding hydrogens is 396 g/mol. The molecule has 7 nitrogen and oxygen atoms in total. The summed E-state index contributed by atoms with van der Waals surface area (Å²) in [5, 5.41) is 14.5. The number of fused-ring (bicyclic) bond motifs is 3. The van der Waals surface area contributed by atoms with E-state index in [0.717, 1.165) is 22.3 Å². The summed E-state index contributed by atoms with van der Waals surface area (Å²) >= 11 is 0. The monoisotopic (exact) mass is 422 g/mol. The van der Waals surface area contributed by atoms with Crippen molar-refractivity contribution in [2.45, 2.75) is 50.1 Å². The van der Waals surface area contributed by atoms with Crippen LogP contribution in [0.25, 0.3) is 11.1 Å². The smallest absolute Gasteiger partial charge is 0.408 e. The van der Waals surface area contributed by atoms with E-state index >= 15 is 0 Å². The van der Waals surface area contributed by atoms with Crippen LogP contribution < -0.4 is 10.6 Å². The average Bonchev–Trinajstić information content (AvgIpc) is 3.47. The Bertz CT molecular complexity index is 969. The van der Waals surface area contributed by atoms with Gasteiger partial charge >= 0.3 is 12.1 Å². The summed E-state index contributed by atoms with van der Waals surface area (Å²) in [5.41, 5.74) is 3.42. The maximum Gasteiger partial charge on any atom is 0.408 e. The zero-order valence-electron chi connectivity index (χ0n) is 17.4. The second kappa shape index (κ2) is 8.41. The Morgan fingerprint density at radius 2 is 1.65 bits per heavy atom. The first kappa shape index (κ1) is 20.9. The molecule has 2 aliphatic rings. The summed E-state index contributed by atoms with van der Waals surface area (Å²) in [7, 11) is 0. The van der Waals surface area contributed by atoms with Crippen LogP contribution in [0, 0.1) is 0 Å².